The maximum atomic E-state index is 12.9. The van der Waals surface area contributed by atoms with Crippen LogP contribution in [0, 0.1) is 6.92 Å². The van der Waals surface area contributed by atoms with Gasteiger partial charge in [-0.15, -0.1) is 11.3 Å². The van der Waals surface area contributed by atoms with Gasteiger partial charge >= 0.3 is 12.2 Å². The lowest BCUT2D eigenvalue weighted by Gasteiger charge is -2.19. The van der Waals surface area contributed by atoms with Gasteiger partial charge in [0, 0.05) is 31.0 Å². The molecule has 1 saturated heterocycles. The molecule has 168 valence electrons. The number of likely N-dealkylation sites (tertiary alicyclic amines) is 1. The first kappa shape index (κ1) is 22.0. The molecule has 32 heavy (non-hydrogen) atoms. The lowest BCUT2D eigenvalue weighted by atomic mass is 10.1. The number of anilines is 2. The summed E-state index contributed by atoms with van der Waals surface area (Å²) in [6, 6.07) is 5.60. The molecule has 1 aromatic carbocycles. The summed E-state index contributed by atoms with van der Waals surface area (Å²) in [5.41, 5.74) is 5.12. The molecule has 1 aliphatic rings. The quantitative estimate of drug-likeness (QED) is 0.543. The first-order valence-corrected chi connectivity index (χ1v) is 10.4. The summed E-state index contributed by atoms with van der Waals surface area (Å²) in [7, 11) is 0. The minimum atomic E-state index is -4.57. The zero-order valence-corrected chi connectivity index (χ0v) is 17.7. The maximum absolute atomic E-state index is 12.9. The third-order valence-electron chi connectivity index (χ3n) is 5.03. The molecule has 12 heteroatoms. The van der Waals surface area contributed by atoms with E-state index in [0.717, 1.165) is 28.3 Å². The number of aromatic nitrogens is 3. The number of amides is 2. The third-order valence-corrected chi connectivity index (χ3v) is 6.27. The van der Waals surface area contributed by atoms with Crippen molar-refractivity contribution in [1.82, 2.24) is 19.9 Å². The van der Waals surface area contributed by atoms with Crippen molar-refractivity contribution in [3.8, 4) is 10.4 Å². The van der Waals surface area contributed by atoms with E-state index in [0.29, 0.717) is 23.7 Å². The van der Waals surface area contributed by atoms with Crippen LogP contribution in [0.25, 0.3) is 10.4 Å². The molecule has 4 N–H and O–H groups in total. The average Bonchev–Trinajstić information content (AvgIpc) is 3.35. The smallest absolute Gasteiger partial charge is 0.381 e. The van der Waals surface area contributed by atoms with Gasteiger partial charge in [0.1, 0.15) is 16.3 Å². The van der Waals surface area contributed by atoms with E-state index < -0.39 is 23.5 Å². The van der Waals surface area contributed by atoms with Crippen LogP contribution in [-0.4, -0.2) is 44.1 Å². The number of hydrogen-bond donors (Lipinski definition) is 3. The number of carbonyl (C=O) groups excluding carboxylic acids is 1. The zero-order valence-electron chi connectivity index (χ0n) is 16.8. The Labute approximate surface area is 184 Å². The molecule has 2 aromatic heterocycles. The predicted octanol–water partition coefficient (Wildman–Crippen LogP) is 3.64. The van der Waals surface area contributed by atoms with Gasteiger partial charge in [-0.1, -0.05) is 6.07 Å². The second-order valence-corrected chi connectivity index (χ2v) is 8.58. The lowest BCUT2D eigenvalue weighted by molar-refractivity contribution is -0.141. The van der Waals surface area contributed by atoms with Crippen molar-refractivity contribution in [2.24, 2.45) is 5.73 Å². The van der Waals surface area contributed by atoms with Gasteiger partial charge in [-0.25, -0.2) is 19.7 Å². The highest BCUT2D eigenvalue weighted by atomic mass is 32.1. The van der Waals surface area contributed by atoms with E-state index in [9.17, 15) is 23.1 Å². The van der Waals surface area contributed by atoms with Crippen molar-refractivity contribution in [3.63, 3.8) is 0 Å². The monoisotopic (exact) mass is 464 g/mol. The summed E-state index contributed by atoms with van der Waals surface area (Å²) in [5.74, 6) is -0.173. The molecule has 1 fully saturated rings. The molecule has 3 heterocycles. The van der Waals surface area contributed by atoms with Gasteiger partial charge in [-0.2, -0.15) is 13.2 Å². The van der Waals surface area contributed by atoms with E-state index in [1.807, 2.05) is 13.0 Å². The number of primary amides is 1. The van der Waals surface area contributed by atoms with Gasteiger partial charge in [0.25, 0.3) is 0 Å². The Bertz CT molecular complexity index is 1170. The number of hydrogen-bond acceptors (Lipinski definition) is 7. The summed E-state index contributed by atoms with van der Waals surface area (Å²) in [6.45, 7) is 2.26. The van der Waals surface area contributed by atoms with Crippen molar-refractivity contribution >= 4 is 29.0 Å². The van der Waals surface area contributed by atoms with Crippen molar-refractivity contribution < 1.29 is 23.1 Å². The fourth-order valence-corrected chi connectivity index (χ4v) is 4.49. The van der Waals surface area contributed by atoms with Crippen LogP contribution in [0.4, 0.5) is 29.6 Å². The lowest BCUT2D eigenvalue weighted by Crippen LogP contribution is -2.37. The van der Waals surface area contributed by atoms with Gasteiger partial charge in [-0.3, -0.25) is 0 Å². The fourth-order valence-electron chi connectivity index (χ4n) is 3.48. The Morgan fingerprint density at radius 1 is 1.31 bits per heavy atom. The van der Waals surface area contributed by atoms with Gasteiger partial charge < -0.3 is 21.1 Å². The number of aliphatic hydroxyl groups is 1. The zero-order chi connectivity index (χ0) is 23.1. The second-order valence-electron chi connectivity index (χ2n) is 7.55. The first-order valence-electron chi connectivity index (χ1n) is 9.56. The summed E-state index contributed by atoms with van der Waals surface area (Å²) in [4.78, 5) is 25.2. The van der Waals surface area contributed by atoms with E-state index in [1.54, 1.807) is 18.3 Å². The fraction of sp³-hybridized carbons (Fsp3) is 0.300. The van der Waals surface area contributed by atoms with E-state index in [4.69, 9.17) is 5.73 Å². The minimum absolute atomic E-state index is 0.0722. The van der Waals surface area contributed by atoms with Crippen LogP contribution >= 0.6 is 11.3 Å². The predicted molar refractivity (Wildman–Crippen MR) is 112 cm³/mol. The Morgan fingerprint density at radius 3 is 2.78 bits per heavy atom. The molecule has 8 nitrogen and oxygen atoms in total. The number of carbonyl (C=O) groups is 1. The summed E-state index contributed by atoms with van der Waals surface area (Å²) in [6.07, 6.45) is -1.58. The molecule has 1 aliphatic heterocycles. The molecule has 0 spiro atoms. The van der Waals surface area contributed by atoms with E-state index in [2.05, 4.69) is 20.3 Å². The third kappa shape index (κ3) is 4.50. The number of thiazole rings is 1. The molecule has 0 aliphatic carbocycles. The van der Waals surface area contributed by atoms with Gasteiger partial charge in [0.15, 0.2) is 0 Å². The van der Waals surface area contributed by atoms with E-state index in [1.165, 1.54) is 16.2 Å². The molecule has 1 unspecified atom stereocenters. The Morgan fingerprint density at radius 2 is 2.09 bits per heavy atom. The molecule has 0 saturated carbocycles. The normalized spacial score (nSPS) is 18.7. The minimum Gasteiger partial charge on any atom is -0.381 e. The van der Waals surface area contributed by atoms with E-state index >= 15 is 0 Å². The number of urea groups is 1. The van der Waals surface area contributed by atoms with Crippen LogP contribution in [0.1, 0.15) is 22.7 Å². The summed E-state index contributed by atoms with van der Waals surface area (Å²) >= 11 is 1.28. The number of halogens is 3. The van der Waals surface area contributed by atoms with Crippen LogP contribution in [0.15, 0.2) is 36.7 Å². The number of nitrogens with zero attached hydrogens (tertiary/aromatic N) is 4. The Hall–Kier alpha value is -3.25. The molecular weight excluding hydrogens is 445 g/mol. The Balaban J connectivity index is 1.59. The molecule has 0 radical (unpaired) electrons. The number of aryl methyl sites for hydroxylation is 1. The van der Waals surface area contributed by atoms with Crippen LogP contribution in [-0.2, 0) is 11.8 Å². The van der Waals surface area contributed by atoms with Gasteiger partial charge in [-0.05, 0) is 36.2 Å². The second kappa shape index (κ2) is 8.02. The van der Waals surface area contributed by atoms with Crippen molar-refractivity contribution in [3.05, 3.63) is 52.9 Å². The van der Waals surface area contributed by atoms with Gasteiger partial charge in [0.2, 0.25) is 5.95 Å². The Kier molecular flexibility index (Phi) is 5.51. The highest BCUT2D eigenvalue weighted by Crippen LogP contribution is 2.38. The van der Waals surface area contributed by atoms with Crippen molar-refractivity contribution in [2.75, 3.05) is 18.4 Å². The molecule has 0 bridgehead atoms. The highest BCUT2D eigenvalue weighted by Gasteiger charge is 2.41. The number of rotatable bonds is 4. The van der Waals surface area contributed by atoms with Crippen molar-refractivity contribution in [2.45, 2.75) is 25.1 Å². The molecular formula is C20H19F3N6O2S. The molecule has 2 amide bonds. The SMILES string of the molecule is Cc1cc(Nc2nccc(C(F)(F)F)n2)cc(-c2cnc(C3(O)CCN(C(N)=O)C3)s2)c1. The topological polar surface area (TPSA) is 117 Å². The number of β-amino-alcohol motifs (C(OH)–C–C–N with tert-alkyl or cyclic N) is 1. The number of nitrogens with two attached hydrogens (primary N) is 1. The number of benzene rings is 1. The molecule has 4 rings (SSSR count). The van der Waals surface area contributed by atoms with Crippen LogP contribution in [0.3, 0.4) is 0 Å². The summed E-state index contributed by atoms with van der Waals surface area (Å²) in [5, 5.41) is 14.2. The van der Waals surface area contributed by atoms with Gasteiger partial charge in [0.05, 0.1) is 11.4 Å². The van der Waals surface area contributed by atoms with Crippen LogP contribution in [0.5, 0.6) is 0 Å². The standard InChI is InChI=1S/C20H19F3N6O2S/c1-11-6-12(8-13(7-11)27-18-25-4-2-15(28-18)20(21,22)23)14-9-26-16(32-14)19(31)3-5-29(10-19)17(24)30/h2,4,6-9,31H,3,5,10H2,1H3,(H2,24,30)(H,25,27,28). The average molecular weight is 464 g/mol. The van der Waals surface area contributed by atoms with E-state index in [-0.39, 0.29) is 12.5 Å². The van der Waals surface area contributed by atoms with Crippen LogP contribution < -0.4 is 11.1 Å². The number of alkyl halides is 3. The molecule has 3 aromatic rings. The summed E-state index contributed by atoms with van der Waals surface area (Å²) < 4.78 is 38.7. The highest BCUT2D eigenvalue weighted by molar-refractivity contribution is 7.15. The number of nitrogens with one attached hydrogen (secondary N) is 1. The van der Waals surface area contributed by atoms with Crippen molar-refractivity contribution in [1.29, 1.82) is 0 Å². The van der Waals surface area contributed by atoms with Crippen LogP contribution in [0.2, 0.25) is 0 Å². The first-order chi connectivity index (χ1) is 15.0. The largest absolute Gasteiger partial charge is 0.433 e. The maximum Gasteiger partial charge on any atom is 0.433 e. The molecule has 1 atom stereocenters.